The van der Waals surface area contributed by atoms with E-state index in [1.165, 1.54) is 5.39 Å². The lowest BCUT2D eigenvalue weighted by Gasteiger charge is -2.07. The van der Waals surface area contributed by atoms with Crippen LogP contribution in [0.25, 0.3) is 21.9 Å². The highest BCUT2D eigenvalue weighted by atomic mass is 16.3. The fourth-order valence-corrected chi connectivity index (χ4v) is 2.17. The van der Waals surface area contributed by atoms with Crippen LogP contribution in [0, 0.1) is 6.92 Å². The molecule has 0 radical (unpaired) electrons. The van der Waals surface area contributed by atoms with Crippen molar-refractivity contribution >= 4 is 10.8 Å². The van der Waals surface area contributed by atoms with Crippen LogP contribution < -0.4 is 0 Å². The molecule has 0 spiro atoms. The van der Waals surface area contributed by atoms with E-state index >= 15 is 0 Å². The second kappa shape index (κ2) is 4.15. The summed E-state index contributed by atoms with van der Waals surface area (Å²) in [5.74, 6) is 0.326. The molecule has 0 aliphatic heterocycles. The molecule has 2 nitrogen and oxygen atoms in total. The van der Waals surface area contributed by atoms with Crippen LogP contribution >= 0.6 is 0 Å². The van der Waals surface area contributed by atoms with Crippen molar-refractivity contribution in [1.29, 1.82) is 0 Å². The Kier molecular flexibility index (Phi) is 2.49. The molecular formula is C16H13NO. The van der Waals surface area contributed by atoms with E-state index < -0.39 is 0 Å². The number of aromatic nitrogens is 1. The first kappa shape index (κ1) is 10.8. The number of phenols is 1. The normalized spacial score (nSPS) is 10.7. The van der Waals surface area contributed by atoms with Crippen LogP contribution in [0.2, 0.25) is 0 Å². The van der Waals surface area contributed by atoms with Gasteiger partial charge in [0.05, 0.1) is 0 Å². The van der Waals surface area contributed by atoms with Crippen molar-refractivity contribution in [2.75, 3.05) is 0 Å². The van der Waals surface area contributed by atoms with Gasteiger partial charge in [-0.3, -0.25) is 4.98 Å². The fraction of sp³-hybridized carbons (Fsp3) is 0.0625. The summed E-state index contributed by atoms with van der Waals surface area (Å²) in [6.07, 6.45) is 3.74. The lowest BCUT2D eigenvalue weighted by Crippen LogP contribution is -1.85. The lowest BCUT2D eigenvalue weighted by molar-refractivity contribution is 0.471. The largest absolute Gasteiger partial charge is 0.508 e. The minimum atomic E-state index is 0.326. The average Bonchev–Trinajstić information content (AvgIpc) is 2.41. The van der Waals surface area contributed by atoms with Crippen LogP contribution in [0.15, 0.2) is 54.9 Å². The molecule has 1 aromatic heterocycles. The van der Waals surface area contributed by atoms with Crippen LogP contribution in [-0.4, -0.2) is 10.1 Å². The molecule has 0 fully saturated rings. The van der Waals surface area contributed by atoms with Gasteiger partial charge in [0.15, 0.2) is 0 Å². The Labute approximate surface area is 106 Å². The average molecular weight is 235 g/mol. The number of hydrogen-bond donors (Lipinski definition) is 1. The molecule has 0 saturated heterocycles. The van der Waals surface area contributed by atoms with E-state index in [0.29, 0.717) is 5.75 Å². The minimum Gasteiger partial charge on any atom is -0.508 e. The van der Waals surface area contributed by atoms with E-state index in [9.17, 15) is 5.11 Å². The van der Waals surface area contributed by atoms with Crippen LogP contribution in [0.1, 0.15) is 5.56 Å². The van der Waals surface area contributed by atoms with Gasteiger partial charge in [0.25, 0.3) is 0 Å². The summed E-state index contributed by atoms with van der Waals surface area (Å²) in [6.45, 7) is 1.90. The van der Waals surface area contributed by atoms with Gasteiger partial charge < -0.3 is 5.11 Å². The summed E-state index contributed by atoms with van der Waals surface area (Å²) >= 11 is 0. The highest BCUT2D eigenvalue weighted by molar-refractivity contribution is 5.95. The highest BCUT2D eigenvalue weighted by Crippen LogP contribution is 2.30. The van der Waals surface area contributed by atoms with Gasteiger partial charge in [-0.15, -0.1) is 0 Å². The molecule has 0 saturated carbocycles. The van der Waals surface area contributed by atoms with Crippen LogP contribution in [0.5, 0.6) is 5.75 Å². The first-order valence-electron chi connectivity index (χ1n) is 5.88. The molecule has 0 bridgehead atoms. The van der Waals surface area contributed by atoms with Gasteiger partial charge in [0.2, 0.25) is 0 Å². The van der Waals surface area contributed by atoms with Crippen molar-refractivity contribution in [3.8, 4) is 16.9 Å². The Morgan fingerprint density at radius 2 is 1.83 bits per heavy atom. The predicted octanol–water partition coefficient (Wildman–Crippen LogP) is 3.92. The summed E-state index contributed by atoms with van der Waals surface area (Å²) in [5, 5.41) is 11.9. The Bertz CT molecular complexity index is 714. The topological polar surface area (TPSA) is 33.1 Å². The molecule has 1 heterocycles. The molecule has 0 aliphatic rings. The molecular weight excluding hydrogens is 222 g/mol. The van der Waals surface area contributed by atoms with Crippen molar-refractivity contribution in [3.63, 3.8) is 0 Å². The minimum absolute atomic E-state index is 0.326. The first-order chi connectivity index (χ1) is 8.75. The number of rotatable bonds is 1. The van der Waals surface area contributed by atoms with Crippen molar-refractivity contribution in [2.24, 2.45) is 0 Å². The van der Waals surface area contributed by atoms with Crippen LogP contribution in [0.3, 0.4) is 0 Å². The highest BCUT2D eigenvalue weighted by Gasteiger charge is 2.05. The van der Waals surface area contributed by atoms with Crippen molar-refractivity contribution in [1.82, 2.24) is 4.98 Å². The van der Waals surface area contributed by atoms with E-state index in [4.69, 9.17) is 0 Å². The smallest absolute Gasteiger partial charge is 0.118 e. The molecule has 88 valence electrons. The Morgan fingerprint density at radius 3 is 2.67 bits per heavy atom. The van der Waals surface area contributed by atoms with Gasteiger partial charge >= 0.3 is 0 Å². The molecule has 0 aliphatic carbocycles. The second-order valence-electron chi connectivity index (χ2n) is 4.41. The summed E-state index contributed by atoms with van der Waals surface area (Å²) < 4.78 is 0. The monoisotopic (exact) mass is 235 g/mol. The zero-order chi connectivity index (χ0) is 12.5. The number of nitrogens with zero attached hydrogens (tertiary/aromatic N) is 1. The number of aryl methyl sites for hydroxylation is 1. The molecule has 2 heteroatoms. The zero-order valence-corrected chi connectivity index (χ0v) is 10.1. The molecule has 1 N–H and O–H groups in total. The molecule has 2 aromatic carbocycles. The Hall–Kier alpha value is -2.35. The van der Waals surface area contributed by atoms with Gasteiger partial charge in [0, 0.05) is 23.3 Å². The third-order valence-electron chi connectivity index (χ3n) is 3.18. The van der Waals surface area contributed by atoms with Crippen molar-refractivity contribution in [2.45, 2.75) is 6.92 Å². The molecule has 3 rings (SSSR count). The Morgan fingerprint density at radius 1 is 1.00 bits per heavy atom. The standard InChI is InChI=1S/C16H13NO/c1-11-8-12(6-7-16(11)18)15-10-17-9-13-4-2-3-5-14(13)15/h2-10,18H,1H3. The number of benzene rings is 2. The van der Waals surface area contributed by atoms with Gasteiger partial charge in [0.1, 0.15) is 5.75 Å². The molecule has 0 atom stereocenters. The molecule has 0 unspecified atom stereocenters. The van der Waals surface area contributed by atoms with Crippen molar-refractivity contribution < 1.29 is 5.11 Å². The van der Waals surface area contributed by atoms with Gasteiger partial charge in [-0.25, -0.2) is 0 Å². The second-order valence-corrected chi connectivity index (χ2v) is 4.41. The lowest BCUT2D eigenvalue weighted by atomic mass is 9.99. The van der Waals surface area contributed by atoms with E-state index in [0.717, 1.165) is 22.1 Å². The van der Waals surface area contributed by atoms with E-state index in [1.54, 1.807) is 6.07 Å². The number of phenolic OH excluding ortho intramolecular Hbond substituents is 1. The number of hydrogen-bond acceptors (Lipinski definition) is 2. The maximum absolute atomic E-state index is 9.59. The van der Waals surface area contributed by atoms with Gasteiger partial charge in [-0.05, 0) is 35.6 Å². The Balaban J connectivity index is 2.28. The number of aromatic hydroxyl groups is 1. The van der Waals surface area contributed by atoms with Crippen molar-refractivity contribution in [3.05, 3.63) is 60.4 Å². The zero-order valence-electron chi connectivity index (χ0n) is 10.1. The third-order valence-corrected chi connectivity index (χ3v) is 3.18. The van der Waals surface area contributed by atoms with E-state index in [2.05, 4.69) is 17.1 Å². The summed E-state index contributed by atoms with van der Waals surface area (Å²) in [4.78, 5) is 4.28. The van der Waals surface area contributed by atoms with Gasteiger partial charge in [-0.2, -0.15) is 0 Å². The summed E-state index contributed by atoms with van der Waals surface area (Å²) in [5.41, 5.74) is 3.05. The predicted molar refractivity (Wildman–Crippen MR) is 73.6 cm³/mol. The first-order valence-corrected chi connectivity index (χ1v) is 5.88. The molecule has 18 heavy (non-hydrogen) atoms. The maximum Gasteiger partial charge on any atom is 0.118 e. The van der Waals surface area contributed by atoms with E-state index in [-0.39, 0.29) is 0 Å². The molecule has 0 amide bonds. The SMILES string of the molecule is Cc1cc(-c2cncc3ccccc23)ccc1O. The van der Waals surface area contributed by atoms with Gasteiger partial charge in [-0.1, -0.05) is 30.3 Å². The third kappa shape index (κ3) is 1.72. The summed E-state index contributed by atoms with van der Waals surface area (Å²) in [7, 11) is 0. The number of fused-ring (bicyclic) bond motifs is 1. The quantitative estimate of drug-likeness (QED) is 0.693. The van der Waals surface area contributed by atoms with E-state index in [1.807, 2.05) is 43.6 Å². The maximum atomic E-state index is 9.59. The molecule has 3 aromatic rings. The summed E-state index contributed by atoms with van der Waals surface area (Å²) in [6, 6.07) is 13.8. The number of pyridine rings is 1. The van der Waals surface area contributed by atoms with Crippen LogP contribution in [-0.2, 0) is 0 Å². The van der Waals surface area contributed by atoms with Crippen LogP contribution in [0.4, 0.5) is 0 Å². The fourth-order valence-electron chi connectivity index (χ4n) is 2.17.